The Labute approximate surface area is 88.7 Å². The lowest BCUT2D eigenvalue weighted by molar-refractivity contribution is 0.0696. The van der Waals surface area contributed by atoms with Crippen LogP contribution in [0.2, 0.25) is 5.02 Å². The monoisotopic (exact) mass is 296 g/mol. The second kappa shape index (κ2) is 3.62. The Morgan fingerprint density at radius 2 is 2.17 bits per heavy atom. The van der Waals surface area contributed by atoms with Crippen molar-refractivity contribution in [2.75, 3.05) is 0 Å². The summed E-state index contributed by atoms with van der Waals surface area (Å²) in [5, 5.41) is 9.25. The van der Waals surface area contributed by atoms with Crippen LogP contribution < -0.4 is 0 Å². The minimum absolute atomic E-state index is 0.270. The van der Waals surface area contributed by atoms with Crippen molar-refractivity contribution in [1.29, 1.82) is 0 Å². The lowest BCUT2D eigenvalue weighted by atomic mass is 10.1. The molecule has 0 fully saturated rings. The summed E-state index contributed by atoms with van der Waals surface area (Å²) in [4.78, 5) is 10.7. The number of halogens is 2. The molecule has 0 aliphatic rings. The summed E-state index contributed by atoms with van der Waals surface area (Å²) in [6, 6.07) is 3.34. The molecule has 0 aliphatic heterocycles. The zero-order valence-corrected chi connectivity index (χ0v) is 9.18. The van der Waals surface area contributed by atoms with E-state index in [-0.39, 0.29) is 5.56 Å². The first-order chi connectivity index (χ1) is 5.52. The number of hydrogen-bond donors (Lipinski definition) is 1. The highest BCUT2D eigenvalue weighted by molar-refractivity contribution is 14.1. The summed E-state index contributed by atoms with van der Waals surface area (Å²) in [6.45, 7) is 1.70. The number of carbonyl (C=O) groups is 1. The Morgan fingerprint density at radius 1 is 1.58 bits per heavy atom. The molecule has 0 bridgehead atoms. The van der Waals surface area contributed by atoms with E-state index in [2.05, 4.69) is 0 Å². The molecule has 0 spiro atoms. The highest BCUT2D eigenvalue weighted by Gasteiger charge is 2.10. The third-order valence-electron chi connectivity index (χ3n) is 1.54. The largest absolute Gasteiger partial charge is 0.478 e. The van der Waals surface area contributed by atoms with Crippen LogP contribution in [-0.2, 0) is 0 Å². The molecule has 2 nitrogen and oxygen atoms in total. The quantitative estimate of drug-likeness (QED) is 0.809. The van der Waals surface area contributed by atoms with E-state index >= 15 is 0 Å². The number of carboxylic acids is 1. The fourth-order valence-electron chi connectivity index (χ4n) is 0.868. The lowest BCUT2D eigenvalue weighted by Crippen LogP contribution is -2.00. The first-order valence-electron chi connectivity index (χ1n) is 3.21. The molecule has 0 unspecified atom stereocenters. The average molecular weight is 296 g/mol. The standard InChI is InChI=1S/C8H6ClIO2/c1-4-6(8(11)12)2-5(10)3-7(4)9/h2-3H,1H3,(H,11,12). The Kier molecular flexibility index (Phi) is 2.95. The van der Waals surface area contributed by atoms with Crippen LogP contribution in [0.1, 0.15) is 15.9 Å². The molecule has 4 heteroatoms. The highest BCUT2D eigenvalue weighted by Crippen LogP contribution is 2.22. The van der Waals surface area contributed by atoms with Crippen LogP contribution >= 0.6 is 34.2 Å². The van der Waals surface area contributed by atoms with Crippen molar-refractivity contribution < 1.29 is 9.90 Å². The molecule has 0 radical (unpaired) electrons. The number of hydrogen-bond acceptors (Lipinski definition) is 1. The van der Waals surface area contributed by atoms with Crippen molar-refractivity contribution in [2.45, 2.75) is 6.92 Å². The molecule has 0 amide bonds. The predicted octanol–water partition coefficient (Wildman–Crippen LogP) is 2.95. The van der Waals surface area contributed by atoms with Gasteiger partial charge in [0, 0.05) is 8.59 Å². The molecule has 0 aromatic heterocycles. The van der Waals surface area contributed by atoms with Gasteiger partial charge in [-0.05, 0) is 47.2 Å². The van der Waals surface area contributed by atoms with Crippen LogP contribution in [0.3, 0.4) is 0 Å². The van der Waals surface area contributed by atoms with Crippen LogP contribution in [0.15, 0.2) is 12.1 Å². The minimum atomic E-state index is -0.937. The Morgan fingerprint density at radius 3 is 2.67 bits per heavy atom. The van der Waals surface area contributed by atoms with Crippen LogP contribution in [0.5, 0.6) is 0 Å². The summed E-state index contributed by atoms with van der Waals surface area (Å²) < 4.78 is 0.834. The molecule has 0 saturated heterocycles. The van der Waals surface area contributed by atoms with Crippen molar-refractivity contribution in [3.63, 3.8) is 0 Å². The van der Waals surface area contributed by atoms with Gasteiger partial charge in [-0.25, -0.2) is 4.79 Å². The second-order valence-electron chi connectivity index (χ2n) is 2.37. The van der Waals surface area contributed by atoms with Gasteiger partial charge in [-0.1, -0.05) is 11.6 Å². The first kappa shape index (κ1) is 9.80. The van der Waals surface area contributed by atoms with Gasteiger partial charge in [-0.3, -0.25) is 0 Å². The SMILES string of the molecule is Cc1c(Cl)cc(I)cc1C(=O)O. The van der Waals surface area contributed by atoms with Gasteiger partial charge in [0.1, 0.15) is 0 Å². The Bertz CT molecular complexity index is 336. The van der Waals surface area contributed by atoms with Crippen molar-refractivity contribution in [3.05, 3.63) is 31.9 Å². The number of carboxylic acid groups (broad SMARTS) is 1. The van der Waals surface area contributed by atoms with Gasteiger partial charge in [0.25, 0.3) is 0 Å². The summed E-state index contributed by atoms with van der Waals surface area (Å²) in [7, 11) is 0. The van der Waals surface area contributed by atoms with Gasteiger partial charge in [-0.2, -0.15) is 0 Å². The summed E-state index contributed by atoms with van der Waals surface area (Å²) >= 11 is 7.83. The summed E-state index contributed by atoms with van der Waals surface area (Å²) in [5.74, 6) is -0.937. The maximum Gasteiger partial charge on any atom is 0.336 e. The van der Waals surface area contributed by atoms with E-state index in [4.69, 9.17) is 16.7 Å². The van der Waals surface area contributed by atoms with E-state index < -0.39 is 5.97 Å². The van der Waals surface area contributed by atoms with E-state index in [0.717, 1.165) is 3.57 Å². The zero-order chi connectivity index (χ0) is 9.30. The molecule has 12 heavy (non-hydrogen) atoms. The molecule has 0 heterocycles. The maximum absolute atomic E-state index is 10.7. The normalized spacial score (nSPS) is 9.92. The van der Waals surface area contributed by atoms with Crippen molar-refractivity contribution in [1.82, 2.24) is 0 Å². The Hall–Kier alpha value is -0.290. The van der Waals surface area contributed by atoms with Crippen molar-refractivity contribution in [2.24, 2.45) is 0 Å². The summed E-state index contributed by atoms with van der Waals surface area (Å²) in [5.41, 5.74) is 0.886. The molecule has 0 aliphatic carbocycles. The van der Waals surface area contributed by atoms with E-state index in [1.54, 1.807) is 19.1 Å². The topological polar surface area (TPSA) is 37.3 Å². The van der Waals surface area contributed by atoms with Crippen molar-refractivity contribution in [3.8, 4) is 0 Å². The molecule has 1 rings (SSSR count). The van der Waals surface area contributed by atoms with Crippen LogP contribution in [-0.4, -0.2) is 11.1 Å². The smallest absolute Gasteiger partial charge is 0.336 e. The lowest BCUT2D eigenvalue weighted by Gasteiger charge is -2.03. The number of rotatable bonds is 1. The average Bonchev–Trinajstić information content (AvgIpc) is 1.96. The molecule has 1 N–H and O–H groups in total. The number of aromatic carboxylic acids is 1. The van der Waals surface area contributed by atoms with Gasteiger partial charge >= 0.3 is 5.97 Å². The van der Waals surface area contributed by atoms with E-state index in [9.17, 15) is 4.79 Å². The molecule has 64 valence electrons. The van der Waals surface area contributed by atoms with Gasteiger partial charge in [-0.15, -0.1) is 0 Å². The fraction of sp³-hybridized carbons (Fsp3) is 0.125. The Balaban J connectivity index is 3.37. The zero-order valence-electron chi connectivity index (χ0n) is 6.27. The maximum atomic E-state index is 10.7. The van der Waals surface area contributed by atoms with Crippen LogP contribution in [0, 0.1) is 10.5 Å². The van der Waals surface area contributed by atoms with Gasteiger partial charge in [0.05, 0.1) is 5.56 Å². The third-order valence-corrected chi connectivity index (χ3v) is 2.55. The molecule has 1 aromatic carbocycles. The van der Waals surface area contributed by atoms with E-state index in [0.29, 0.717) is 10.6 Å². The predicted molar refractivity (Wildman–Crippen MR) is 55.9 cm³/mol. The van der Waals surface area contributed by atoms with Gasteiger partial charge < -0.3 is 5.11 Å². The van der Waals surface area contributed by atoms with E-state index in [1.165, 1.54) is 0 Å². The fourth-order valence-corrected chi connectivity index (χ4v) is 1.89. The van der Waals surface area contributed by atoms with Crippen LogP contribution in [0.4, 0.5) is 0 Å². The minimum Gasteiger partial charge on any atom is -0.478 e. The first-order valence-corrected chi connectivity index (χ1v) is 4.67. The van der Waals surface area contributed by atoms with Gasteiger partial charge in [0.15, 0.2) is 0 Å². The van der Waals surface area contributed by atoms with Gasteiger partial charge in [0.2, 0.25) is 0 Å². The molecule has 0 atom stereocenters. The molecular formula is C8H6ClIO2. The highest BCUT2D eigenvalue weighted by atomic mass is 127. The molecule has 1 aromatic rings. The van der Waals surface area contributed by atoms with E-state index in [1.807, 2.05) is 22.6 Å². The third kappa shape index (κ3) is 1.90. The molecule has 0 saturated carbocycles. The summed E-state index contributed by atoms with van der Waals surface area (Å²) in [6.07, 6.45) is 0. The van der Waals surface area contributed by atoms with Crippen molar-refractivity contribution >= 4 is 40.2 Å². The second-order valence-corrected chi connectivity index (χ2v) is 4.02. The molecular weight excluding hydrogens is 290 g/mol. The number of benzene rings is 1. The van der Waals surface area contributed by atoms with Crippen LogP contribution in [0.25, 0.3) is 0 Å².